The summed E-state index contributed by atoms with van der Waals surface area (Å²) in [5.74, 6) is 0.0678. The van der Waals surface area contributed by atoms with E-state index in [0.717, 1.165) is 19.3 Å². The molecule has 3 rings (SSSR count). The number of hydrogen-bond donors (Lipinski definition) is 0. The van der Waals surface area contributed by atoms with Gasteiger partial charge in [-0.25, -0.2) is 4.39 Å². The minimum absolute atomic E-state index is 0.133. The summed E-state index contributed by atoms with van der Waals surface area (Å²) in [6.07, 6.45) is 3.10. The molecule has 29 heavy (non-hydrogen) atoms. The van der Waals surface area contributed by atoms with Crippen LogP contribution in [0.4, 0.5) is 4.39 Å². The molecule has 1 saturated carbocycles. The molecule has 2 atom stereocenters. The molecule has 0 aliphatic heterocycles. The van der Waals surface area contributed by atoms with Crippen molar-refractivity contribution in [3.63, 3.8) is 0 Å². The Morgan fingerprint density at radius 3 is 2.55 bits per heavy atom. The molecule has 1 fully saturated rings. The van der Waals surface area contributed by atoms with E-state index in [4.69, 9.17) is 14.2 Å². The number of benzene rings is 2. The van der Waals surface area contributed by atoms with Crippen LogP contribution in [0.5, 0.6) is 11.5 Å². The number of carbonyl (C=O) groups is 1. The third-order valence-corrected chi connectivity index (χ3v) is 5.39. The molecule has 0 spiro atoms. The van der Waals surface area contributed by atoms with Crippen LogP contribution in [0.15, 0.2) is 48.5 Å². The Labute approximate surface area is 172 Å². The first-order valence-electron chi connectivity index (χ1n) is 10.2. The fourth-order valence-electron chi connectivity index (χ4n) is 3.48. The zero-order chi connectivity index (χ0) is 20.9. The monoisotopic (exact) mass is 400 g/mol. The second-order valence-corrected chi connectivity index (χ2v) is 8.07. The highest BCUT2D eigenvalue weighted by Crippen LogP contribution is 2.54. The lowest BCUT2D eigenvalue weighted by atomic mass is 10.1. The van der Waals surface area contributed by atoms with Gasteiger partial charge < -0.3 is 14.2 Å². The van der Waals surface area contributed by atoms with Crippen LogP contribution < -0.4 is 4.74 Å². The van der Waals surface area contributed by atoms with Gasteiger partial charge in [0.1, 0.15) is 23.9 Å². The standard InChI is InChI=1S/C24H29FO4/c1-4-5-9-14-27-22-21(24(22,2)3)23(26)28-16-17-15-19(12-13-20(17)25)29-18-10-7-6-8-11-18/h6-8,10-13,15,21-22H,4-5,9,14,16H2,1-3H3. The predicted octanol–water partition coefficient (Wildman–Crippen LogP) is 5.89. The number of unbranched alkanes of at least 4 members (excludes halogenated alkanes) is 2. The van der Waals surface area contributed by atoms with Crippen LogP contribution in [-0.2, 0) is 20.9 Å². The first-order chi connectivity index (χ1) is 13.9. The van der Waals surface area contributed by atoms with E-state index in [1.807, 2.05) is 44.2 Å². The number of para-hydroxylation sites is 1. The number of ether oxygens (including phenoxy) is 3. The van der Waals surface area contributed by atoms with Crippen LogP contribution in [0, 0.1) is 17.2 Å². The molecular formula is C24H29FO4. The molecule has 0 radical (unpaired) electrons. The van der Waals surface area contributed by atoms with E-state index in [2.05, 4.69) is 6.92 Å². The molecule has 0 heterocycles. The van der Waals surface area contributed by atoms with Gasteiger partial charge in [0.05, 0.1) is 12.0 Å². The van der Waals surface area contributed by atoms with Gasteiger partial charge >= 0.3 is 5.97 Å². The summed E-state index contributed by atoms with van der Waals surface area (Å²) in [6.45, 7) is 6.65. The molecule has 0 saturated heterocycles. The van der Waals surface area contributed by atoms with E-state index in [1.54, 1.807) is 12.1 Å². The molecule has 0 bridgehead atoms. The molecule has 0 amide bonds. The van der Waals surface area contributed by atoms with Crippen molar-refractivity contribution in [1.82, 2.24) is 0 Å². The van der Waals surface area contributed by atoms with Gasteiger partial charge in [-0.3, -0.25) is 4.79 Å². The molecule has 0 aromatic heterocycles. The largest absolute Gasteiger partial charge is 0.460 e. The quantitative estimate of drug-likeness (QED) is 0.368. The average molecular weight is 400 g/mol. The number of halogens is 1. The summed E-state index contributed by atoms with van der Waals surface area (Å²) in [6, 6.07) is 13.7. The van der Waals surface area contributed by atoms with Crippen LogP contribution in [0.25, 0.3) is 0 Å². The molecule has 1 aliphatic rings. The average Bonchev–Trinajstić information content (AvgIpc) is 3.26. The molecule has 1 aliphatic carbocycles. The van der Waals surface area contributed by atoms with Gasteiger partial charge in [0.25, 0.3) is 0 Å². The summed E-state index contributed by atoms with van der Waals surface area (Å²) in [4.78, 5) is 12.5. The van der Waals surface area contributed by atoms with Crippen molar-refractivity contribution in [2.75, 3.05) is 6.61 Å². The lowest BCUT2D eigenvalue weighted by Crippen LogP contribution is -2.12. The predicted molar refractivity (Wildman–Crippen MR) is 109 cm³/mol. The van der Waals surface area contributed by atoms with Gasteiger partial charge in [-0.2, -0.15) is 0 Å². The normalized spacial score (nSPS) is 19.6. The summed E-state index contributed by atoms with van der Waals surface area (Å²) in [5, 5.41) is 0. The molecule has 5 heteroatoms. The van der Waals surface area contributed by atoms with E-state index < -0.39 is 5.82 Å². The Bertz CT molecular complexity index is 819. The lowest BCUT2D eigenvalue weighted by Gasteiger charge is -2.10. The van der Waals surface area contributed by atoms with Gasteiger partial charge in [0, 0.05) is 17.6 Å². The highest BCUT2D eigenvalue weighted by molar-refractivity contribution is 5.78. The Morgan fingerprint density at radius 2 is 1.83 bits per heavy atom. The first kappa shape index (κ1) is 21.3. The molecule has 4 nitrogen and oxygen atoms in total. The van der Waals surface area contributed by atoms with E-state index in [9.17, 15) is 9.18 Å². The Kier molecular flexibility index (Phi) is 6.91. The van der Waals surface area contributed by atoms with Gasteiger partial charge in [0.2, 0.25) is 0 Å². The molecular weight excluding hydrogens is 371 g/mol. The zero-order valence-electron chi connectivity index (χ0n) is 17.3. The highest BCUT2D eigenvalue weighted by atomic mass is 19.1. The summed E-state index contributed by atoms with van der Waals surface area (Å²) in [5.41, 5.74) is 0.0331. The van der Waals surface area contributed by atoms with Crippen LogP contribution in [-0.4, -0.2) is 18.7 Å². The highest BCUT2D eigenvalue weighted by Gasteiger charge is 2.64. The second kappa shape index (κ2) is 9.40. The van der Waals surface area contributed by atoms with Crippen LogP contribution >= 0.6 is 0 Å². The van der Waals surface area contributed by atoms with Crippen molar-refractivity contribution in [3.05, 3.63) is 59.9 Å². The van der Waals surface area contributed by atoms with Crippen LogP contribution in [0.1, 0.15) is 45.6 Å². The molecule has 0 N–H and O–H groups in total. The minimum Gasteiger partial charge on any atom is -0.460 e. The minimum atomic E-state index is -0.430. The fourth-order valence-corrected chi connectivity index (χ4v) is 3.48. The third-order valence-electron chi connectivity index (χ3n) is 5.39. The number of hydrogen-bond acceptors (Lipinski definition) is 4. The van der Waals surface area contributed by atoms with E-state index in [0.29, 0.717) is 18.1 Å². The van der Waals surface area contributed by atoms with Crippen molar-refractivity contribution >= 4 is 5.97 Å². The molecule has 2 unspecified atom stereocenters. The van der Waals surface area contributed by atoms with E-state index in [1.165, 1.54) is 6.07 Å². The first-order valence-corrected chi connectivity index (χ1v) is 10.2. The third kappa shape index (κ3) is 5.36. The van der Waals surface area contributed by atoms with Crippen LogP contribution in [0.2, 0.25) is 0 Å². The fraction of sp³-hybridized carbons (Fsp3) is 0.458. The lowest BCUT2D eigenvalue weighted by molar-refractivity contribution is -0.148. The van der Waals surface area contributed by atoms with Crippen LogP contribution in [0.3, 0.4) is 0 Å². The summed E-state index contributed by atoms with van der Waals surface area (Å²) in [7, 11) is 0. The summed E-state index contributed by atoms with van der Waals surface area (Å²) < 4.78 is 31.2. The zero-order valence-corrected chi connectivity index (χ0v) is 17.3. The Morgan fingerprint density at radius 1 is 1.07 bits per heavy atom. The van der Waals surface area contributed by atoms with Crippen molar-refractivity contribution < 1.29 is 23.4 Å². The van der Waals surface area contributed by atoms with Crippen molar-refractivity contribution in [2.45, 2.75) is 52.7 Å². The Hall–Kier alpha value is -2.40. The second-order valence-electron chi connectivity index (χ2n) is 8.07. The Balaban J connectivity index is 1.55. The van der Waals surface area contributed by atoms with Gasteiger partial charge in [-0.15, -0.1) is 0 Å². The van der Waals surface area contributed by atoms with Gasteiger partial charge in [-0.05, 0) is 36.8 Å². The molecule has 2 aromatic carbocycles. The SMILES string of the molecule is CCCCCOC1C(C(=O)OCc2cc(Oc3ccccc3)ccc2F)C1(C)C. The molecule has 2 aromatic rings. The smallest absolute Gasteiger partial charge is 0.312 e. The number of rotatable bonds is 10. The van der Waals surface area contributed by atoms with Crippen molar-refractivity contribution in [1.29, 1.82) is 0 Å². The maximum absolute atomic E-state index is 14.2. The summed E-state index contributed by atoms with van der Waals surface area (Å²) >= 11 is 0. The maximum Gasteiger partial charge on any atom is 0.312 e. The van der Waals surface area contributed by atoms with Crippen molar-refractivity contribution in [3.8, 4) is 11.5 Å². The van der Waals surface area contributed by atoms with Gasteiger partial charge in [0.15, 0.2) is 0 Å². The topological polar surface area (TPSA) is 44.8 Å². The van der Waals surface area contributed by atoms with Crippen molar-refractivity contribution in [2.24, 2.45) is 11.3 Å². The van der Waals surface area contributed by atoms with E-state index in [-0.39, 0.29) is 35.6 Å². The molecule has 156 valence electrons. The maximum atomic E-state index is 14.2. The number of carbonyl (C=O) groups excluding carboxylic acids is 1. The van der Waals surface area contributed by atoms with Gasteiger partial charge in [-0.1, -0.05) is 51.8 Å². The van der Waals surface area contributed by atoms with E-state index >= 15 is 0 Å². The number of esters is 1.